The Kier molecular flexibility index (Phi) is 5.99. The molecule has 0 aromatic heterocycles. The molecule has 1 N–H and O–H groups in total. The van der Waals surface area contributed by atoms with Crippen molar-refractivity contribution >= 4 is 23.6 Å². The minimum absolute atomic E-state index is 0.00357. The number of carbonyl (C=O) groups excluding carboxylic acids is 2. The summed E-state index contributed by atoms with van der Waals surface area (Å²) < 4.78 is 0. The van der Waals surface area contributed by atoms with Crippen LogP contribution in [0.3, 0.4) is 0 Å². The lowest BCUT2D eigenvalue weighted by atomic mass is 10.0. The van der Waals surface area contributed by atoms with Crippen LogP contribution >= 0.6 is 11.8 Å². The van der Waals surface area contributed by atoms with E-state index in [9.17, 15) is 9.59 Å². The summed E-state index contributed by atoms with van der Waals surface area (Å²) in [6.07, 6.45) is 4.34. The Morgan fingerprint density at radius 3 is 2.56 bits per heavy atom. The molecule has 0 spiro atoms. The second-order valence-electron chi connectivity index (χ2n) is 4.81. The SMILES string of the molecule is CCCC1NC(=O)C(CC)N(CC(C)SC)C1=O. The molecule has 3 unspecified atom stereocenters. The minimum atomic E-state index is -0.320. The van der Waals surface area contributed by atoms with Crippen molar-refractivity contribution in [3.05, 3.63) is 0 Å². The van der Waals surface area contributed by atoms with Crippen LogP contribution in [-0.2, 0) is 9.59 Å². The fraction of sp³-hybridized carbons (Fsp3) is 0.846. The van der Waals surface area contributed by atoms with Crippen molar-refractivity contribution < 1.29 is 9.59 Å². The molecule has 5 heteroatoms. The highest BCUT2D eigenvalue weighted by molar-refractivity contribution is 7.99. The third-order valence-corrected chi connectivity index (χ3v) is 4.35. The Hall–Kier alpha value is -0.710. The fourth-order valence-corrected chi connectivity index (χ4v) is 2.59. The molecule has 0 saturated carbocycles. The van der Waals surface area contributed by atoms with Gasteiger partial charge in [0.15, 0.2) is 0 Å². The number of thioether (sulfide) groups is 1. The summed E-state index contributed by atoms with van der Waals surface area (Å²) in [7, 11) is 0. The summed E-state index contributed by atoms with van der Waals surface area (Å²) in [5.41, 5.74) is 0. The molecule has 1 fully saturated rings. The van der Waals surface area contributed by atoms with E-state index in [2.05, 4.69) is 12.2 Å². The third-order valence-electron chi connectivity index (χ3n) is 3.40. The minimum Gasteiger partial charge on any atom is -0.343 e. The van der Waals surface area contributed by atoms with Crippen LogP contribution in [0.5, 0.6) is 0 Å². The molecule has 0 aromatic rings. The summed E-state index contributed by atoms with van der Waals surface area (Å²) in [5.74, 6) is 0.0908. The smallest absolute Gasteiger partial charge is 0.245 e. The average Bonchev–Trinajstić information content (AvgIpc) is 2.35. The summed E-state index contributed by atoms with van der Waals surface area (Å²) in [4.78, 5) is 26.2. The monoisotopic (exact) mass is 272 g/mol. The fourth-order valence-electron chi connectivity index (χ4n) is 2.28. The first-order valence-corrected chi connectivity index (χ1v) is 7.97. The lowest BCUT2D eigenvalue weighted by Gasteiger charge is -2.39. The average molecular weight is 272 g/mol. The number of carbonyl (C=O) groups is 2. The lowest BCUT2D eigenvalue weighted by Crippen LogP contribution is -2.63. The Balaban J connectivity index is 2.83. The van der Waals surface area contributed by atoms with E-state index in [-0.39, 0.29) is 23.9 Å². The van der Waals surface area contributed by atoms with Crippen molar-refractivity contribution in [2.75, 3.05) is 12.8 Å². The van der Waals surface area contributed by atoms with Crippen molar-refractivity contribution in [1.29, 1.82) is 0 Å². The van der Waals surface area contributed by atoms with Gasteiger partial charge in [0.2, 0.25) is 11.8 Å². The number of rotatable bonds is 6. The predicted molar refractivity (Wildman–Crippen MR) is 75.6 cm³/mol. The molecule has 1 heterocycles. The van der Waals surface area contributed by atoms with Crippen LogP contribution in [0.2, 0.25) is 0 Å². The molecule has 1 rings (SSSR count). The van der Waals surface area contributed by atoms with Crippen LogP contribution in [0.4, 0.5) is 0 Å². The van der Waals surface area contributed by atoms with Crippen LogP contribution in [-0.4, -0.2) is 46.8 Å². The largest absolute Gasteiger partial charge is 0.343 e. The van der Waals surface area contributed by atoms with Gasteiger partial charge in [-0.25, -0.2) is 0 Å². The molecule has 0 aromatic carbocycles. The molecule has 104 valence electrons. The van der Waals surface area contributed by atoms with Gasteiger partial charge in [0.05, 0.1) is 0 Å². The Morgan fingerprint density at radius 1 is 1.39 bits per heavy atom. The van der Waals surface area contributed by atoms with Gasteiger partial charge in [-0.05, 0) is 19.1 Å². The van der Waals surface area contributed by atoms with Gasteiger partial charge in [0, 0.05) is 11.8 Å². The molecule has 18 heavy (non-hydrogen) atoms. The van der Waals surface area contributed by atoms with Crippen molar-refractivity contribution in [3.8, 4) is 0 Å². The Morgan fingerprint density at radius 2 is 2.06 bits per heavy atom. The number of nitrogens with one attached hydrogen (secondary N) is 1. The number of hydrogen-bond donors (Lipinski definition) is 1. The van der Waals surface area contributed by atoms with Crippen LogP contribution in [0.15, 0.2) is 0 Å². The van der Waals surface area contributed by atoms with Crippen molar-refractivity contribution in [2.45, 2.75) is 57.4 Å². The number of piperazine rings is 1. The maximum Gasteiger partial charge on any atom is 0.245 e. The highest BCUT2D eigenvalue weighted by atomic mass is 32.2. The van der Waals surface area contributed by atoms with Gasteiger partial charge in [-0.15, -0.1) is 0 Å². The maximum atomic E-state index is 12.4. The summed E-state index contributed by atoms with van der Waals surface area (Å²) in [6.45, 7) is 6.73. The van der Waals surface area contributed by atoms with Gasteiger partial charge < -0.3 is 10.2 Å². The first-order valence-electron chi connectivity index (χ1n) is 6.68. The molecule has 4 nitrogen and oxygen atoms in total. The predicted octanol–water partition coefficient (Wildman–Crippen LogP) is 1.64. The molecule has 0 aliphatic carbocycles. The standard InChI is InChI=1S/C13H24N2O2S/c1-5-7-10-13(17)15(8-9(3)18-4)11(6-2)12(16)14-10/h9-11H,5-8H2,1-4H3,(H,14,16). The van der Waals surface area contributed by atoms with E-state index in [1.165, 1.54) is 0 Å². The molecule has 1 saturated heterocycles. The lowest BCUT2D eigenvalue weighted by molar-refractivity contribution is -0.149. The normalized spacial score (nSPS) is 26.1. The van der Waals surface area contributed by atoms with Gasteiger partial charge in [-0.1, -0.05) is 27.2 Å². The Labute approximate surface area is 114 Å². The second kappa shape index (κ2) is 7.02. The van der Waals surface area contributed by atoms with E-state index < -0.39 is 0 Å². The second-order valence-corrected chi connectivity index (χ2v) is 6.09. The first kappa shape index (κ1) is 15.3. The van der Waals surface area contributed by atoms with Gasteiger partial charge in [0.1, 0.15) is 12.1 Å². The third kappa shape index (κ3) is 3.40. The number of nitrogens with zero attached hydrogens (tertiary/aromatic N) is 1. The van der Waals surface area contributed by atoms with E-state index in [1.807, 2.05) is 20.1 Å². The van der Waals surface area contributed by atoms with Gasteiger partial charge in [-0.3, -0.25) is 9.59 Å². The van der Waals surface area contributed by atoms with E-state index >= 15 is 0 Å². The zero-order valence-corrected chi connectivity index (χ0v) is 12.5. The van der Waals surface area contributed by atoms with Crippen LogP contribution in [0.25, 0.3) is 0 Å². The highest BCUT2D eigenvalue weighted by Crippen LogP contribution is 2.18. The molecule has 3 atom stereocenters. The van der Waals surface area contributed by atoms with E-state index in [1.54, 1.807) is 16.7 Å². The zero-order chi connectivity index (χ0) is 13.7. The van der Waals surface area contributed by atoms with E-state index in [0.717, 1.165) is 12.8 Å². The van der Waals surface area contributed by atoms with Crippen molar-refractivity contribution in [2.24, 2.45) is 0 Å². The van der Waals surface area contributed by atoms with Crippen LogP contribution < -0.4 is 5.32 Å². The van der Waals surface area contributed by atoms with E-state index in [4.69, 9.17) is 0 Å². The summed E-state index contributed by atoms with van der Waals surface area (Å²) in [6, 6.07) is -0.612. The van der Waals surface area contributed by atoms with Crippen molar-refractivity contribution in [1.82, 2.24) is 10.2 Å². The molecular weight excluding hydrogens is 248 g/mol. The summed E-state index contributed by atoms with van der Waals surface area (Å²) in [5, 5.41) is 3.21. The van der Waals surface area contributed by atoms with Crippen LogP contribution in [0, 0.1) is 0 Å². The zero-order valence-electron chi connectivity index (χ0n) is 11.7. The van der Waals surface area contributed by atoms with Crippen LogP contribution in [0.1, 0.15) is 40.0 Å². The topological polar surface area (TPSA) is 49.4 Å². The Bertz CT molecular complexity index is 309. The molecule has 1 aliphatic heterocycles. The van der Waals surface area contributed by atoms with Crippen molar-refractivity contribution in [3.63, 3.8) is 0 Å². The van der Waals surface area contributed by atoms with Gasteiger partial charge in [-0.2, -0.15) is 11.8 Å². The molecule has 0 bridgehead atoms. The van der Waals surface area contributed by atoms with E-state index in [0.29, 0.717) is 18.2 Å². The quantitative estimate of drug-likeness (QED) is 0.800. The maximum absolute atomic E-state index is 12.4. The summed E-state index contributed by atoms with van der Waals surface area (Å²) >= 11 is 1.72. The number of amides is 2. The molecular formula is C13H24N2O2S. The molecule has 0 radical (unpaired) electrons. The molecule has 1 aliphatic rings. The molecule has 2 amide bonds. The van der Waals surface area contributed by atoms with Gasteiger partial charge in [0.25, 0.3) is 0 Å². The first-order chi connectivity index (χ1) is 8.54. The van der Waals surface area contributed by atoms with Gasteiger partial charge >= 0.3 is 0 Å². The highest BCUT2D eigenvalue weighted by Gasteiger charge is 2.39. The number of hydrogen-bond acceptors (Lipinski definition) is 3.